The van der Waals surface area contributed by atoms with E-state index >= 15 is 0 Å². The van der Waals surface area contributed by atoms with Gasteiger partial charge in [0.2, 0.25) is 0 Å². The maximum absolute atomic E-state index is 10.5. The second kappa shape index (κ2) is 4.03. The Hall–Kier alpha value is -1.13. The average Bonchev–Trinajstić information content (AvgIpc) is 2.65. The monoisotopic (exact) mass is 280 g/mol. The summed E-state index contributed by atoms with van der Waals surface area (Å²) >= 11 is 3.40. The van der Waals surface area contributed by atoms with Crippen LogP contribution < -0.4 is 0 Å². The number of rotatable bonds is 2. The van der Waals surface area contributed by atoms with Crippen molar-refractivity contribution in [2.45, 2.75) is 12.5 Å². The Labute approximate surface area is 103 Å². The summed E-state index contributed by atoms with van der Waals surface area (Å²) in [4.78, 5) is 0. The van der Waals surface area contributed by atoms with Gasteiger partial charge in [0.1, 0.15) is 5.60 Å². The first-order valence-electron chi connectivity index (χ1n) is 4.98. The van der Waals surface area contributed by atoms with E-state index in [1.807, 2.05) is 43.6 Å². The first kappa shape index (κ1) is 11.4. The molecular weight excluding hydrogens is 268 g/mol. The highest BCUT2D eigenvalue weighted by Crippen LogP contribution is 2.29. The Morgan fingerprint density at radius 3 is 2.69 bits per heavy atom. The van der Waals surface area contributed by atoms with Gasteiger partial charge in [-0.2, -0.15) is 5.10 Å². The summed E-state index contributed by atoms with van der Waals surface area (Å²) in [5.41, 5.74) is 0.402. The van der Waals surface area contributed by atoms with E-state index in [-0.39, 0.29) is 0 Å². The van der Waals surface area contributed by atoms with Gasteiger partial charge in [-0.1, -0.05) is 28.1 Å². The maximum Gasteiger partial charge on any atom is 0.130 e. The van der Waals surface area contributed by atoms with Crippen molar-refractivity contribution in [1.82, 2.24) is 9.78 Å². The molecule has 3 nitrogen and oxygen atoms in total. The third-order valence-electron chi connectivity index (χ3n) is 2.60. The number of hydrogen-bond donors (Lipinski definition) is 1. The largest absolute Gasteiger partial charge is 0.379 e. The van der Waals surface area contributed by atoms with Crippen LogP contribution >= 0.6 is 15.9 Å². The van der Waals surface area contributed by atoms with Gasteiger partial charge < -0.3 is 5.11 Å². The highest BCUT2D eigenvalue weighted by Gasteiger charge is 2.28. The van der Waals surface area contributed by atoms with E-state index in [1.54, 1.807) is 11.6 Å². The minimum Gasteiger partial charge on any atom is -0.379 e. The molecule has 0 saturated heterocycles. The number of nitrogens with zero attached hydrogens (tertiary/aromatic N) is 2. The number of benzene rings is 1. The molecule has 84 valence electrons. The predicted octanol–water partition coefficient (Wildman–Crippen LogP) is 2.44. The van der Waals surface area contributed by atoms with Crippen molar-refractivity contribution < 1.29 is 5.11 Å². The molecule has 16 heavy (non-hydrogen) atoms. The van der Waals surface area contributed by atoms with E-state index in [9.17, 15) is 5.11 Å². The van der Waals surface area contributed by atoms with Crippen LogP contribution in [0.3, 0.4) is 0 Å². The van der Waals surface area contributed by atoms with Crippen LogP contribution in [0.4, 0.5) is 0 Å². The van der Waals surface area contributed by atoms with Gasteiger partial charge in [0.25, 0.3) is 0 Å². The zero-order valence-electron chi connectivity index (χ0n) is 9.18. The zero-order valence-corrected chi connectivity index (χ0v) is 10.8. The third kappa shape index (κ3) is 2.03. The molecule has 2 aromatic rings. The average molecular weight is 281 g/mol. The van der Waals surface area contributed by atoms with Crippen LogP contribution in [0.5, 0.6) is 0 Å². The van der Waals surface area contributed by atoms with Crippen LogP contribution in [0, 0.1) is 0 Å². The van der Waals surface area contributed by atoms with Crippen molar-refractivity contribution in [2.24, 2.45) is 7.05 Å². The lowest BCUT2D eigenvalue weighted by Gasteiger charge is -2.21. The number of aromatic nitrogens is 2. The summed E-state index contributed by atoms with van der Waals surface area (Å²) in [7, 11) is 1.83. The summed E-state index contributed by atoms with van der Waals surface area (Å²) in [6, 6.07) is 9.43. The molecule has 1 aromatic carbocycles. The van der Waals surface area contributed by atoms with E-state index in [0.717, 1.165) is 10.0 Å². The van der Waals surface area contributed by atoms with Crippen LogP contribution in [0.25, 0.3) is 0 Å². The molecule has 1 atom stereocenters. The first-order valence-corrected chi connectivity index (χ1v) is 5.78. The SMILES string of the molecule is Cn1ccc(C(C)(O)c2cccc(Br)c2)n1. The lowest BCUT2D eigenvalue weighted by molar-refractivity contribution is 0.0966. The van der Waals surface area contributed by atoms with Gasteiger partial charge in [0.05, 0.1) is 5.69 Å². The van der Waals surface area contributed by atoms with Gasteiger partial charge in [-0.15, -0.1) is 0 Å². The molecule has 1 N–H and O–H groups in total. The summed E-state index contributed by atoms with van der Waals surface area (Å²) in [5.74, 6) is 0. The van der Waals surface area contributed by atoms with Crippen LogP contribution in [0.2, 0.25) is 0 Å². The molecule has 0 aliphatic carbocycles. The van der Waals surface area contributed by atoms with Crippen molar-refractivity contribution in [1.29, 1.82) is 0 Å². The van der Waals surface area contributed by atoms with Crippen molar-refractivity contribution in [3.63, 3.8) is 0 Å². The minimum atomic E-state index is -1.06. The molecule has 0 spiro atoms. The zero-order chi connectivity index (χ0) is 11.8. The number of aliphatic hydroxyl groups is 1. The Morgan fingerprint density at radius 2 is 2.12 bits per heavy atom. The molecule has 0 radical (unpaired) electrons. The van der Waals surface area contributed by atoms with Crippen LogP contribution in [0.1, 0.15) is 18.2 Å². The standard InChI is InChI=1S/C12H13BrN2O/c1-12(16,11-6-7-15(2)14-11)9-4-3-5-10(13)8-9/h3-8,16H,1-2H3. The van der Waals surface area contributed by atoms with E-state index in [0.29, 0.717) is 5.69 Å². The Balaban J connectivity index is 2.46. The number of halogens is 1. The quantitative estimate of drug-likeness (QED) is 0.918. The molecule has 1 heterocycles. The molecule has 4 heteroatoms. The molecule has 0 aliphatic rings. The van der Waals surface area contributed by atoms with Crippen molar-refractivity contribution in [2.75, 3.05) is 0 Å². The topological polar surface area (TPSA) is 38.0 Å². The van der Waals surface area contributed by atoms with Gasteiger partial charge in [0.15, 0.2) is 0 Å². The molecule has 0 aliphatic heterocycles. The lowest BCUT2D eigenvalue weighted by Crippen LogP contribution is -2.23. The molecule has 1 unspecified atom stereocenters. The molecule has 2 rings (SSSR count). The fraction of sp³-hybridized carbons (Fsp3) is 0.250. The maximum atomic E-state index is 10.5. The van der Waals surface area contributed by atoms with Crippen LogP contribution in [0.15, 0.2) is 41.0 Å². The van der Waals surface area contributed by atoms with Crippen molar-refractivity contribution in [3.05, 3.63) is 52.3 Å². The third-order valence-corrected chi connectivity index (χ3v) is 3.09. The fourth-order valence-electron chi connectivity index (χ4n) is 1.61. The number of aryl methyl sites for hydroxylation is 1. The van der Waals surface area contributed by atoms with Gasteiger partial charge in [0, 0.05) is 17.7 Å². The number of hydrogen-bond acceptors (Lipinski definition) is 2. The Kier molecular flexibility index (Phi) is 2.86. The first-order chi connectivity index (χ1) is 7.50. The highest BCUT2D eigenvalue weighted by molar-refractivity contribution is 9.10. The van der Waals surface area contributed by atoms with Gasteiger partial charge >= 0.3 is 0 Å². The summed E-state index contributed by atoms with van der Waals surface area (Å²) < 4.78 is 2.63. The summed E-state index contributed by atoms with van der Waals surface area (Å²) in [6.45, 7) is 1.75. The summed E-state index contributed by atoms with van der Waals surface area (Å²) in [6.07, 6.45) is 1.82. The fourth-order valence-corrected chi connectivity index (χ4v) is 2.01. The lowest BCUT2D eigenvalue weighted by atomic mass is 9.93. The van der Waals surface area contributed by atoms with E-state index in [2.05, 4.69) is 21.0 Å². The molecule has 0 amide bonds. The van der Waals surface area contributed by atoms with E-state index in [1.165, 1.54) is 0 Å². The van der Waals surface area contributed by atoms with Gasteiger partial charge in [-0.05, 0) is 30.7 Å². The van der Waals surface area contributed by atoms with Crippen LogP contribution in [-0.4, -0.2) is 14.9 Å². The second-order valence-corrected chi connectivity index (χ2v) is 4.87. The van der Waals surface area contributed by atoms with Gasteiger partial charge in [-0.3, -0.25) is 4.68 Å². The van der Waals surface area contributed by atoms with Crippen molar-refractivity contribution in [3.8, 4) is 0 Å². The second-order valence-electron chi connectivity index (χ2n) is 3.96. The van der Waals surface area contributed by atoms with Crippen molar-refractivity contribution >= 4 is 15.9 Å². The Morgan fingerprint density at radius 1 is 1.38 bits per heavy atom. The molecule has 0 saturated carbocycles. The molecule has 1 aromatic heterocycles. The molecule has 0 bridgehead atoms. The van der Waals surface area contributed by atoms with E-state index in [4.69, 9.17) is 0 Å². The summed E-state index contributed by atoms with van der Waals surface area (Å²) in [5, 5.41) is 14.7. The van der Waals surface area contributed by atoms with Crippen LogP contribution in [-0.2, 0) is 12.6 Å². The molecular formula is C12H13BrN2O. The van der Waals surface area contributed by atoms with E-state index < -0.39 is 5.60 Å². The smallest absolute Gasteiger partial charge is 0.130 e. The minimum absolute atomic E-state index is 0.646. The predicted molar refractivity (Wildman–Crippen MR) is 66.0 cm³/mol. The normalized spacial score (nSPS) is 14.8. The molecule has 0 fully saturated rings. The highest BCUT2D eigenvalue weighted by atomic mass is 79.9. The van der Waals surface area contributed by atoms with Gasteiger partial charge in [-0.25, -0.2) is 0 Å². The Bertz CT molecular complexity index is 505.